The quantitative estimate of drug-likeness (QED) is 0.467. The highest BCUT2D eigenvalue weighted by atomic mass is 16.6. The standard InChI is InChI=1S/C11H11NO4/c13-11(14)10(6-7-12(15)16)8-9-4-2-1-3-5-9/h1-5,8H,6-7H2,(H,13,14)/b10-8+. The van der Waals surface area contributed by atoms with E-state index in [-0.39, 0.29) is 18.5 Å². The summed E-state index contributed by atoms with van der Waals surface area (Å²) in [6.07, 6.45) is 1.38. The number of benzene rings is 1. The summed E-state index contributed by atoms with van der Waals surface area (Å²) in [6, 6.07) is 8.86. The van der Waals surface area contributed by atoms with Gasteiger partial charge in [-0.05, 0) is 11.6 Å². The van der Waals surface area contributed by atoms with Crippen LogP contribution in [0.2, 0.25) is 0 Å². The van der Waals surface area contributed by atoms with Crippen molar-refractivity contribution in [2.24, 2.45) is 0 Å². The Morgan fingerprint density at radius 1 is 1.38 bits per heavy atom. The zero-order valence-electron chi connectivity index (χ0n) is 8.50. The molecule has 0 unspecified atom stereocenters. The first-order valence-electron chi connectivity index (χ1n) is 4.70. The first kappa shape index (κ1) is 11.9. The highest BCUT2D eigenvalue weighted by Crippen LogP contribution is 2.10. The third-order valence-corrected chi connectivity index (χ3v) is 1.98. The molecular weight excluding hydrogens is 210 g/mol. The summed E-state index contributed by atoms with van der Waals surface area (Å²) in [7, 11) is 0. The summed E-state index contributed by atoms with van der Waals surface area (Å²) in [5.74, 6) is -1.12. The third kappa shape index (κ3) is 3.91. The Balaban J connectivity index is 2.81. The average molecular weight is 221 g/mol. The van der Waals surface area contributed by atoms with E-state index in [0.29, 0.717) is 0 Å². The van der Waals surface area contributed by atoms with Gasteiger partial charge in [0.15, 0.2) is 0 Å². The molecule has 0 saturated heterocycles. The van der Waals surface area contributed by atoms with Crippen LogP contribution in [0.25, 0.3) is 6.08 Å². The lowest BCUT2D eigenvalue weighted by Crippen LogP contribution is -2.07. The summed E-state index contributed by atoms with van der Waals surface area (Å²) in [6.45, 7) is -0.370. The predicted molar refractivity (Wildman–Crippen MR) is 58.5 cm³/mol. The van der Waals surface area contributed by atoms with Gasteiger partial charge < -0.3 is 5.11 Å². The van der Waals surface area contributed by atoms with Crippen LogP contribution < -0.4 is 0 Å². The molecule has 0 amide bonds. The Bertz CT molecular complexity index is 411. The van der Waals surface area contributed by atoms with Crippen LogP contribution >= 0.6 is 0 Å². The van der Waals surface area contributed by atoms with Crippen molar-refractivity contribution >= 4 is 12.0 Å². The van der Waals surface area contributed by atoms with Gasteiger partial charge in [0.25, 0.3) is 0 Å². The lowest BCUT2D eigenvalue weighted by Gasteiger charge is -1.99. The molecule has 84 valence electrons. The normalized spacial score (nSPS) is 11.1. The number of hydrogen-bond acceptors (Lipinski definition) is 3. The molecule has 0 aliphatic carbocycles. The van der Waals surface area contributed by atoms with Crippen LogP contribution in [-0.4, -0.2) is 22.5 Å². The van der Waals surface area contributed by atoms with Gasteiger partial charge in [-0.2, -0.15) is 0 Å². The monoisotopic (exact) mass is 221 g/mol. The van der Waals surface area contributed by atoms with Gasteiger partial charge in [0.2, 0.25) is 6.54 Å². The third-order valence-electron chi connectivity index (χ3n) is 1.98. The second kappa shape index (κ2) is 5.65. The van der Waals surface area contributed by atoms with Gasteiger partial charge in [-0.3, -0.25) is 10.1 Å². The molecule has 0 radical (unpaired) electrons. The van der Waals surface area contributed by atoms with E-state index in [0.717, 1.165) is 5.56 Å². The molecule has 0 saturated carbocycles. The molecule has 0 aliphatic rings. The van der Waals surface area contributed by atoms with E-state index in [1.165, 1.54) is 6.08 Å². The molecule has 0 bridgehead atoms. The van der Waals surface area contributed by atoms with Gasteiger partial charge in [0, 0.05) is 16.9 Å². The second-order valence-electron chi connectivity index (χ2n) is 3.19. The van der Waals surface area contributed by atoms with Crippen LogP contribution in [0, 0.1) is 10.1 Å². The summed E-state index contributed by atoms with van der Waals surface area (Å²) in [5.41, 5.74) is 0.770. The number of nitro groups is 1. The van der Waals surface area contributed by atoms with Crippen molar-refractivity contribution in [1.82, 2.24) is 0 Å². The number of nitrogens with zero attached hydrogens (tertiary/aromatic N) is 1. The Labute approximate surface area is 92.2 Å². The fourth-order valence-electron chi connectivity index (χ4n) is 1.20. The lowest BCUT2D eigenvalue weighted by molar-refractivity contribution is -0.479. The number of carboxylic acid groups (broad SMARTS) is 1. The molecule has 5 heteroatoms. The van der Waals surface area contributed by atoms with E-state index in [2.05, 4.69) is 0 Å². The van der Waals surface area contributed by atoms with Crippen molar-refractivity contribution in [1.29, 1.82) is 0 Å². The second-order valence-corrected chi connectivity index (χ2v) is 3.19. The van der Waals surface area contributed by atoms with Gasteiger partial charge >= 0.3 is 5.97 Å². The van der Waals surface area contributed by atoms with E-state index in [1.807, 2.05) is 6.07 Å². The number of hydrogen-bond donors (Lipinski definition) is 1. The summed E-state index contributed by atoms with van der Waals surface area (Å²) >= 11 is 0. The van der Waals surface area contributed by atoms with Crippen molar-refractivity contribution < 1.29 is 14.8 Å². The highest BCUT2D eigenvalue weighted by Gasteiger charge is 2.10. The van der Waals surface area contributed by atoms with Crippen LogP contribution in [0.5, 0.6) is 0 Å². The Hall–Kier alpha value is -2.17. The Morgan fingerprint density at radius 3 is 2.50 bits per heavy atom. The number of rotatable bonds is 5. The van der Waals surface area contributed by atoms with Gasteiger partial charge in [-0.1, -0.05) is 30.3 Å². The number of carboxylic acids is 1. The molecule has 16 heavy (non-hydrogen) atoms. The van der Waals surface area contributed by atoms with Crippen LogP contribution in [0.1, 0.15) is 12.0 Å². The minimum atomic E-state index is -1.12. The minimum Gasteiger partial charge on any atom is -0.478 e. The Kier molecular flexibility index (Phi) is 4.20. The molecule has 1 aromatic rings. The smallest absolute Gasteiger partial charge is 0.331 e. The molecule has 0 fully saturated rings. The zero-order chi connectivity index (χ0) is 12.0. The zero-order valence-corrected chi connectivity index (χ0v) is 8.50. The molecule has 0 heterocycles. The average Bonchev–Trinajstić information content (AvgIpc) is 2.25. The molecular formula is C11H11NO4. The van der Waals surface area contributed by atoms with Gasteiger partial charge in [0.1, 0.15) is 0 Å². The summed E-state index contributed by atoms with van der Waals surface area (Å²) < 4.78 is 0. The van der Waals surface area contributed by atoms with Crippen LogP contribution in [0.4, 0.5) is 0 Å². The molecule has 0 aromatic heterocycles. The minimum absolute atomic E-state index is 0.0444. The molecule has 1 rings (SSSR count). The topological polar surface area (TPSA) is 80.4 Å². The fourth-order valence-corrected chi connectivity index (χ4v) is 1.20. The summed E-state index contributed by atoms with van der Waals surface area (Å²) in [4.78, 5) is 20.5. The molecule has 1 aromatic carbocycles. The number of carbonyl (C=O) groups is 1. The van der Waals surface area contributed by atoms with E-state index in [4.69, 9.17) is 5.11 Å². The number of aliphatic carboxylic acids is 1. The van der Waals surface area contributed by atoms with Crippen molar-refractivity contribution in [3.05, 3.63) is 51.6 Å². The van der Waals surface area contributed by atoms with E-state index in [1.54, 1.807) is 24.3 Å². The first-order valence-corrected chi connectivity index (χ1v) is 4.70. The van der Waals surface area contributed by atoms with Gasteiger partial charge in [0.05, 0.1) is 0 Å². The highest BCUT2D eigenvalue weighted by molar-refractivity contribution is 5.92. The molecule has 1 N–H and O–H groups in total. The molecule has 5 nitrogen and oxygen atoms in total. The first-order chi connectivity index (χ1) is 7.59. The van der Waals surface area contributed by atoms with Crippen LogP contribution in [0.15, 0.2) is 35.9 Å². The maximum Gasteiger partial charge on any atom is 0.331 e. The fraction of sp³-hybridized carbons (Fsp3) is 0.182. The van der Waals surface area contributed by atoms with Gasteiger partial charge in [-0.25, -0.2) is 4.79 Å². The van der Waals surface area contributed by atoms with Crippen LogP contribution in [0.3, 0.4) is 0 Å². The van der Waals surface area contributed by atoms with E-state index >= 15 is 0 Å². The van der Waals surface area contributed by atoms with Crippen molar-refractivity contribution in [2.45, 2.75) is 6.42 Å². The van der Waals surface area contributed by atoms with Crippen molar-refractivity contribution in [3.63, 3.8) is 0 Å². The molecule has 0 atom stereocenters. The SMILES string of the molecule is O=C(O)/C(=C/c1ccccc1)CC[N+](=O)[O-]. The summed E-state index contributed by atoms with van der Waals surface area (Å²) in [5, 5.41) is 19.0. The van der Waals surface area contributed by atoms with Crippen LogP contribution in [-0.2, 0) is 4.79 Å². The van der Waals surface area contributed by atoms with E-state index in [9.17, 15) is 14.9 Å². The van der Waals surface area contributed by atoms with Gasteiger partial charge in [-0.15, -0.1) is 0 Å². The van der Waals surface area contributed by atoms with E-state index < -0.39 is 10.9 Å². The lowest BCUT2D eigenvalue weighted by atomic mass is 10.1. The van der Waals surface area contributed by atoms with Crippen molar-refractivity contribution in [3.8, 4) is 0 Å². The molecule has 0 aliphatic heterocycles. The largest absolute Gasteiger partial charge is 0.478 e. The molecule has 0 spiro atoms. The maximum absolute atomic E-state index is 10.8. The van der Waals surface area contributed by atoms with Crippen molar-refractivity contribution in [2.75, 3.05) is 6.54 Å². The maximum atomic E-state index is 10.8. The predicted octanol–water partition coefficient (Wildman–Crippen LogP) is 1.82. The Morgan fingerprint density at radius 2 is 2.00 bits per heavy atom.